The van der Waals surface area contributed by atoms with Crippen LogP contribution >= 0.6 is 0 Å². The van der Waals surface area contributed by atoms with Crippen molar-refractivity contribution in [3.05, 3.63) is 29.8 Å². The average Bonchev–Trinajstić information content (AvgIpc) is 2.78. The summed E-state index contributed by atoms with van der Waals surface area (Å²) >= 11 is 0. The highest BCUT2D eigenvalue weighted by atomic mass is 16.8. The lowest BCUT2D eigenvalue weighted by Gasteiger charge is -2.48. The van der Waals surface area contributed by atoms with E-state index < -0.39 is 59.8 Å². The SMILES string of the molecule is COc1ccc(C2OCC3O[C@H](OC)C(OC(=O)C(C)(C)C)[C@H](OC(=O)C(C)(C)C)[C@@H]3O2)cc1. The Kier molecular flexibility index (Phi) is 7.92. The topological polar surface area (TPSA) is 98.8 Å². The van der Waals surface area contributed by atoms with Crippen molar-refractivity contribution in [1.29, 1.82) is 0 Å². The van der Waals surface area contributed by atoms with Crippen LogP contribution in [-0.2, 0) is 38.0 Å². The van der Waals surface area contributed by atoms with Gasteiger partial charge in [-0.25, -0.2) is 0 Å². The van der Waals surface area contributed by atoms with Gasteiger partial charge in [-0.05, 0) is 53.7 Å². The van der Waals surface area contributed by atoms with Crippen LogP contribution in [0.5, 0.6) is 5.75 Å². The standard InChI is InChI=1S/C25H36O9/c1-24(2,3)22(26)33-18-17-16(31-21(29-8)19(18)34-23(27)25(4,5)6)13-30-20(32-17)14-9-11-15(28-7)12-10-14/h9-12,16-21H,13H2,1-8H3/t16?,17-,18-,19?,20?,21+/m1/s1. The van der Waals surface area contributed by atoms with Crippen LogP contribution < -0.4 is 4.74 Å². The molecular weight excluding hydrogens is 444 g/mol. The van der Waals surface area contributed by atoms with Gasteiger partial charge in [-0.15, -0.1) is 0 Å². The molecule has 0 bridgehead atoms. The first-order valence-corrected chi connectivity index (χ1v) is 11.4. The monoisotopic (exact) mass is 480 g/mol. The lowest BCUT2D eigenvalue weighted by Crippen LogP contribution is -2.64. The largest absolute Gasteiger partial charge is 0.497 e. The number of carbonyl (C=O) groups is 2. The first-order chi connectivity index (χ1) is 15.8. The summed E-state index contributed by atoms with van der Waals surface area (Å²) in [7, 11) is 3.03. The first-order valence-electron chi connectivity index (χ1n) is 11.4. The molecule has 34 heavy (non-hydrogen) atoms. The summed E-state index contributed by atoms with van der Waals surface area (Å²) in [6, 6.07) is 7.27. The molecule has 1 aromatic rings. The maximum atomic E-state index is 12.9. The van der Waals surface area contributed by atoms with Crippen LogP contribution in [0.3, 0.4) is 0 Å². The highest BCUT2D eigenvalue weighted by Gasteiger charge is 2.55. The van der Waals surface area contributed by atoms with Crippen LogP contribution in [0.15, 0.2) is 24.3 Å². The molecule has 190 valence electrons. The molecule has 3 unspecified atom stereocenters. The van der Waals surface area contributed by atoms with Gasteiger partial charge in [0, 0.05) is 12.7 Å². The number of rotatable bonds is 5. The molecular formula is C25H36O9. The summed E-state index contributed by atoms with van der Waals surface area (Å²) in [6.07, 6.45) is -5.04. The second kappa shape index (κ2) is 10.2. The molecule has 6 atom stereocenters. The van der Waals surface area contributed by atoms with Gasteiger partial charge in [-0.2, -0.15) is 0 Å². The normalized spacial score (nSPS) is 29.6. The van der Waals surface area contributed by atoms with Crippen LogP contribution in [-0.4, -0.2) is 63.5 Å². The number of hydrogen-bond acceptors (Lipinski definition) is 9. The van der Waals surface area contributed by atoms with Gasteiger partial charge >= 0.3 is 11.9 Å². The van der Waals surface area contributed by atoms with E-state index in [2.05, 4.69) is 0 Å². The number of carbonyl (C=O) groups excluding carboxylic acids is 2. The van der Waals surface area contributed by atoms with Crippen LogP contribution in [0.2, 0.25) is 0 Å². The van der Waals surface area contributed by atoms with E-state index in [1.807, 2.05) is 12.1 Å². The van der Waals surface area contributed by atoms with Crippen molar-refractivity contribution >= 4 is 11.9 Å². The Balaban J connectivity index is 1.92. The predicted octanol–water partition coefficient (Wildman–Crippen LogP) is 3.40. The van der Waals surface area contributed by atoms with Gasteiger partial charge in [0.2, 0.25) is 0 Å². The van der Waals surface area contributed by atoms with E-state index in [1.165, 1.54) is 7.11 Å². The molecule has 0 spiro atoms. The summed E-state index contributed by atoms with van der Waals surface area (Å²) in [5.74, 6) is -0.231. The van der Waals surface area contributed by atoms with Gasteiger partial charge < -0.3 is 33.2 Å². The second-order valence-corrected chi connectivity index (χ2v) is 10.6. The highest BCUT2D eigenvalue weighted by molar-refractivity contribution is 5.76. The zero-order chi connectivity index (χ0) is 25.3. The molecule has 9 heteroatoms. The Bertz CT molecular complexity index is 853. The zero-order valence-electron chi connectivity index (χ0n) is 21.2. The first kappa shape index (κ1) is 26.4. The summed E-state index contributed by atoms with van der Waals surface area (Å²) in [5.41, 5.74) is -0.803. The van der Waals surface area contributed by atoms with Crippen molar-refractivity contribution in [3.63, 3.8) is 0 Å². The molecule has 2 aliphatic heterocycles. The Morgan fingerprint density at radius 2 is 1.41 bits per heavy atom. The highest BCUT2D eigenvalue weighted by Crippen LogP contribution is 2.38. The van der Waals surface area contributed by atoms with Crippen molar-refractivity contribution < 1.29 is 42.7 Å². The summed E-state index contributed by atoms with van der Waals surface area (Å²) < 4.78 is 40.6. The van der Waals surface area contributed by atoms with Gasteiger partial charge in [-0.3, -0.25) is 9.59 Å². The minimum atomic E-state index is -1.03. The van der Waals surface area contributed by atoms with E-state index in [0.29, 0.717) is 5.75 Å². The Morgan fingerprint density at radius 3 is 1.91 bits per heavy atom. The van der Waals surface area contributed by atoms with Gasteiger partial charge in [0.1, 0.15) is 18.0 Å². The Morgan fingerprint density at radius 1 is 0.853 bits per heavy atom. The maximum Gasteiger partial charge on any atom is 0.311 e. The summed E-state index contributed by atoms with van der Waals surface area (Å²) in [4.78, 5) is 25.7. The van der Waals surface area contributed by atoms with Gasteiger partial charge in [0.05, 0.1) is 24.5 Å². The molecule has 2 saturated heterocycles. The minimum absolute atomic E-state index is 0.171. The van der Waals surface area contributed by atoms with Gasteiger partial charge in [-0.1, -0.05) is 12.1 Å². The quantitative estimate of drug-likeness (QED) is 0.587. The van der Waals surface area contributed by atoms with E-state index in [9.17, 15) is 9.59 Å². The van der Waals surface area contributed by atoms with Crippen LogP contribution in [0.1, 0.15) is 53.4 Å². The third-order valence-corrected chi connectivity index (χ3v) is 5.62. The summed E-state index contributed by atoms with van der Waals surface area (Å²) in [6.45, 7) is 10.6. The molecule has 9 nitrogen and oxygen atoms in total. The third-order valence-electron chi connectivity index (χ3n) is 5.62. The number of hydrogen-bond donors (Lipinski definition) is 0. The molecule has 2 fully saturated rings. The van der Waals surface area contributed by atoms with Gasteiger partial charge in [0.15, 0.2) is 24.8 Å². The van der Waals surface area contributed by atoms with Crippen LogP contribution in [0.4, 0.5) is 0 Å². The number of methoxy groups -OCH3 is 2. The average molecular weight is 481 g/mol. The van der Waals surface area contributed by atoms with Crippen molar-refractivity contribution in [2.75, 3.05) is 20.8 Å². The molecule has 2 aliphatic rings. The molecule has 0 aliphatic carbocycles. The molecule has 2 heterocycles. The molecule has 0 amide bonds. The van der Waals surface area contributed by atoms with Crippen molar-refractivity contribution in [3.8, 4) is 5.75 Å². The van der Waals surface area contributed by atoms with E-state index in [0.717, 1.165) is 5.56 Å². The molecule has 0 radical (unpaired) electrons. The fourth-order valence-corrected chi connectivity index (χ4v) is 3.53. The molecule has 3 rings (SSSR count). The summed E-state index contributed by atoms with van der Waals surface area (Å²) in [5, 5.41) is 0. The Labute approximate surface area is 200 Å². The molecule has 0 N–H and O–H groups in total. The second-order valence-electron chi connectivity index (χ2n) is 10.6. The predicted molar refractivity (Wildman–Crippen MR) is 121 cm³/mol. The molecule has 1 aromatic carbocycles. The number of ether oxygens (including phenoxy) is 7. The lowest BCUT2D eigenvalue weighted by molar-refractivity contribution is -0.360. The van der Waals surface area contributed by atoms with Gasteiger partial charge in [0.25, 0.3) is 0 Å². The number of esters is 2. The Hall–Kier alpha value is -2.20. The fourth-order valence-electron chi connectivity index (χ4n) is 3.53. The zero-order valence-corrected chi connectivity index (χ0v) is 21.2. The maximum absolute atomic E-state index is 12.9. The van der Waals surface area contributed by atoms with Crippen molar-refractivity contribution in [1.82, 2.24) is 0 Å². The third kappa shape index (κ3) is 5.89. The van der Waals surface area contributed by atoms with E-state index >= 15 is 0 Å². The van der Waals surface area contributed by atoms with E-state index in [-0.39, 0.29) is 6.61 Å². The lowest BCUT2D eigenvalue weighted by atomic mass is 9.93. The van der Waals surface area contributed by atoms with E-state index in [4.69, 9.17) is 33.2 Å². The number of fused-ring (bicyclic) bond motifs is 1. The van der Waals surface area contributed by atoms with Crippen molar-refractivity contribution in [2.45, 2.75) is 78.5 Å². The van der Waals surface area contributed by atoms with Crippen LogP contribution in [0.25, 0.3) is 0 Å². The van der Waals surface area contributed by atoms with Crippen molar-refractivity contribution in [2.24, 2.45) is 10.8 Å². The fraction of sp³-hybridized carbons (Fsp3) is 0.680. The minimum Gasteiger partial charge on any atom is -0.497 e. The van der Waals surface area contributed by atoms with E-state index in [1.54, 1.807) is 60.8 Å². The number of benzene rings is 1. The smallest absolute Gasteiger partial charge is 0.311 e. The van der Waals surface area contributed by atoms with Crippen LogP contribution in [0, 0.1) is 10.8 Å². The molecule has 0 aromatic heterocycles. The molecule has 0 saturated carbocycles.